The van der Waals surface area contributed by atoms with Gasteiger partial charge in [0.25, 0.3) is 0 Å². The maximum absolute atomic E-state index is 13.5. The summed E-state index contributed by atoms with van der Waals surface area (Å²) in [4.78, 5) is 80.9. The minimum absolute atomic E-state index is 0.178. The highest BCUT2D eigenvalue weighted by Gasteiger charge is 2.31. The van der Waals surface area contributed by atoms with Gasteiger partial charge in [-0.05, 0) is 80.1 Å². The monoisotopic (exact) mass is 795 g/mol. The van der Waals surface area contributed by atoms with Crippen molar-refractivity contribution in [3.05, 3.63) is 31.5 Å². The average molecular weight is 795 g/mol. The molecule has 2 aliphatic rings. The second-order valence-corrected chi connectivity index (χ2v) is 15.8. The summed E-state index contributed by atoms with van der Waals surface area (Å²) in [7, 11) is 0. The molecule has 0 radical (unpaired) electrons. The zero-order valence-corrected chi connectivity index (χ0v) is 34.9. The van der Waals surface area contributed by atoms with Crippen LogP contribution in [-0.4, -0.2) is 118 Å². The highest BCUT2D eigenvalue weighted by atomic mass is 16.6. The lowest BCUT2D eigenvalue weighted by Gasteiger charge is -2.15. The first-order valence-corrected chi connectivity index (χ1v) is 21.0. The molecule has 3 N–H and O–H groups in total. The van der Waals surface area contributed by atoms with E-state index in [0.29, 0.717) is 51.0 Å². The second-order valence-electron chi connectivity index (χ2n) is 15.8. The van der Waals surface area contributed by atoms with Crippen LogP contribution in [0.25, 0.3) is 0 Å². The molecule has 56 heavy (non-hydrogen) atoms. The van der Waals surface area contributed by atoms with E-state index >= 15 is 0 Å². The minimum atomic E-state index is -0.596. The fraction of sp³-hybridized carbons (Fsp3) is 0.846. The SMILES string of the molecule is CC(C)OC(=O)NCCCCCCn1c(=O)n(CCCCCCNC(=O)OC(C)CN2CC2C)c(=O)n(CCCCCCNC(=O)OC(C)CN2CC2C)c1=O. The lowest BCUT2D eigenvalue weighted by Crippen LogP contribution is -2.54. The predicted octanol–water partition coefficient (Wildman–Crippen LogP) is 3.63. The molecule has 0 aromatic carbocycles. The number of aromatic nitrogens is 3. The summed E-state index contributed by atoms with van der Waals surface area (Å²) in [6.07, 6.45) is 6.62. The molecule has 0 aliphatic carbocycles. The van der Waals surface area contributed by atoms with Crippen LogP contribution in [0.4, 0.5) is 14.4 Å². The first kappa shape index (κ1) is 46.5. The van der Waals surface area contributed by atoms with Gasteiger partial charge in [-0.1, -0.05) is 38.5 Å². The predicted molar refractivity (Wildman–Crippen MR) is 214 cm³/mol. The van der Waals surface area contributed by atoms with Gasteiger partial charge in [0.1, 0.15) is 12.2 Å². The van der Waals surface area contributed by atoms with Crippen molar-refractivity contribution in [2.45, 2.75) is 169 Å². The standard InChI is InChI=1S/C39H70N8O9/c1-29(2)54-34(48)40-19-13-7-10-16-22-45-37(51)46(23-17-11-8-14-20-41-35(49)55-32(5)27-43-25-30(43)3)39(53)47(38(45)52)24-18-12-9-15-21-42-36(50)56-33(6)28-44-26-31(44)4/h29-33H,7-28H2,1-6H3,(H,40,48)(H,41,49)(H,42,50). The number of unbranched alkanes of at least 4 members (excludes halogenated alkanes) is 9. The number of nitrogens with zero attached hydrogens (tertiary/aromatic N) is 5. The minimum Gasteiger partial charge on any atom is -0.447 e. The van der Waals surface area contributed by atoms with Crippen molar-refractivity contribution in [3.8, 4) is 0 Å². The summed E-state index contributed by atoms with van der Waals surface area (Å²) in [5.74, 6) is 0. The number of hydrogen-bond acceptors (Lipinski definition) is 11. The summed E-state index contributed by atoms with van der Waals surface area (Å²) in [6.45, 7) is 17.1. The van der Waals surface area contributed by atoms with Crippen LogP contribution >= 0.6 is 0 Å². The third-order valence-corrected chi connectivity index (χ3v) is 10.0. The van der Waals surface area contributed by atoms with Crippen molar-refractivity contribution >= 4 is 18.3 Å². The molecule has 1 aromatic rings. The van der Waals surface area contributed by atoms with Crippen LogP contribution in [0.15, 0.2) is 14.4 Å². The molecule has 2 aliphatic heterocycles. The van der Waals surface area contributed by atoms with Gasteiger partial charge < -0.3 is 30.2 Å². The number of alkyl carbamates (subject to hydrolysis) is 3. The van der Waals surface area contributed by atoms with Crippen LogP contribution in [0.1, 0.15) is 119 Å². The summed E-state index contributed by atoms with van der Waals surface area (Å²) in [5.41, 5.74) is -1.79. The largest absolute Gasteiger partial charge is 0.447 e. The van der Waals surface area contributed by atoms with Crippen molar-refractivity contribution < 1.29 is 28.6 Å². The molecule has 0 spiro atoms. The Morgan fingerprint density at radius 3 is 1.09 bits per heavy atom. The summed E-state index contributed by atoms with van der Waals surface area (Å²) in [6, 6.07) is 1.11. The molecule has 2 fully saturated rings. The Kier molecular flexibility index (Phi) is 20.5. The number of hydrogen-bond donors (Lipinski definition) is 3. The number of carbonyl (C=O) groups is 3. The molecule has 6 atom stereocenters. The van der Waals surface area contributed by atoms with Crippen molar-refractivity contribution in [1.29, 1.82) is 0 Å². The molecular formula is C39H70N8O9. The lowest BCUT2D eigenvalue weighted by atomic mass is 10.2. The van der Waals surface area contributed by atoms with E-state index in [4.69, 9.17) is 14.2 Å². The molecule has 17 nitrogen and oxygen atoms in total. The van der Waals surface area contributed by atoms with E-state index in [2.05, 4.69) is 39.6 Å². The van der Waals surface area contributed by atoms with Crippen LogP contribution in [0.3, 0.4) is 0 Å². The zero-order valence-electron chi connectivity index (χ0n) is 34.9. The topological polar surface area (TPSA) is 187 Å². The van der Waals surface area contributed by atoms with Crippen LogP contribution in [-0.2, 0) is 33.8 Å². The Morgan fingerprint density at radius 2 is 0.804 bits per heavy atom. The van der Waals surface area contributed by atoms with Gasteiger partial charge in [-0.15, -0.1) is 0 Å². The van der Waals surface area contributed by atoms with Gasteiger partial charge in [-0.2, -0.15) is 0 Å². The van der Waals surface area contributed by atoms with E-state index in [1.807, 2.05) is 13.8 Å². The molecular weight excluding hydrogens is 724 g/mol. The number of amides is 3. The first-order chi connectivity index (χ1) is 26.8. The smallest absolute Gasteiger partial charge is 0.407 e. The van der Waals surface area contributed by atoms with Crippen molar-refractivity contribution in [3.63, 3.8) is 0 Å². The molecule has 3 amide bonds. The Labute approximate surface area is 331 Å². The number of rotatable bonds is 28. The quantitative estimate of drug-likeness (QED) is 0.0639. The van der Waals surface area contributed by atoms with Gasteiger partial charge in [0.15, 0.2) is 0 Å². The molecule has 0 saturated carbocycles. The fourth-order valence-electron chi connectivity index (χ4n) is 6.61. The molecule has 320 valence electrons. The Morgan fingerprint density at radius 1 is 0.518 bits per heavy atom. The van der Waals surface area contributed by atoms with E-state index < -0.39 is 35.3 Å². The van der Waals surface area contributed by atoms with Gasteiger partial charge in [0.05, 0.1) is 6.10 Å². The van der Waals surface area contributed by atoms with Gasteiger partial charge in [0.2, 0.25) is 0 Å². The Balaban J connectivity index is 1.45. The van der Waals surface area contributed by atoms with Gasteiger partial charge in [0, 0.05) is 77.5 Å². The van der Waals surface area contributed by atoms with Crippen LogP contribution in [0.2, 0.25) is 0 Å². The number of nitrogens with one attached hydrogen (secondary N) is 3. The average Bonchev–Trinajstić information content (AvgIpc) is 4.02. The van der Waals surface area contributed by atoms with E-state index in [1.165, 1.54) is 13.7 Å². The third-order valence-electron chi connectivity index (χ3n) is 10.0. The van der Waals surface area contributed by atoms with Gasteiger partial charge in [-0.25, -0.2) is 42.5 Å². The van der Waals surface area contributed by atoms with Crippen molar-refractivity contribution in [2.75, 3.05) is 45.8 Å². The normalized spacial score (nSPS) is 19.6. The lowest BCUT2D eigenvalue weighted by molar-refractivity contribution is 0.0964. The number of ether oxygens (including phenoxy) is 3. The van der Waals surface area contributed by atoms with Crippen molar-refractivity contribution in [2.24, 2.45) is 0 Å². The summed E-state index contributed by atoms with van der Waals surface area (Å²) < 4.78 is 19.4. The molecule has 0 bridgehead atoms. The zero-order chi connectivity index (χ0) is 41.0. The highest BCUT2D eigenvalue weighted by molar-refractivity contribution is 5.67. The number of carbonyl (C=O) groups excluding carboxylic acids is 3. The third kappa shape index (κ3) is 17.9. The van der Waals surface area contributed by atoms with E-state index in [1.54, 1.807) is 13.8 Å². The highest BCUT2D eigenvalue weighted by Crippen LogP contribution is 2.17. The van der Waals surface area contributed by atoms with Gasteiger partial charge in [-0.3, -0.25) is 9.80 Å². The van der Waals surface area contributed by atoms with Gasteiger partial charge >= 0.3 is 35.3 Å². The van der Waals surface area contributed by atoms with Crippen LogP contribution in [0.5, 0.6) is 0 Å². The molecule has 1 aromatic heterocycles. The van der Waals surface area contributed by atoms with E-state index in [9.17, 15) is 28.8 Å². The second kappa shape index (κ2) is 24.7. The summed E-state index contributed by atoms with van der Waals surface area (Å²) >= 11 is 0. The maximum Gasteiger partial charge on any atom is 0.407 e. The molecule has 17 heteroatoms. The Hall–Kier alpha value is -3.86. The fourth-order valence-corrected chi connectivity index (χ4v) is 6.61. The molecule has 3 heterocycles. The molecule has 3 rings (SSSR count). The Bertz CT molecular complexity index is 1450. The molecule has 6 unspecified atom stereocenters. The molecule has 2 saturated heterocycles. The van der Waals surface area contributed by atoms with E-state index in [-0.39, 0.29) is 37.9 Å². The summed E-state index contributed by atoms with van der Waals surface area (Å²) in [5, 5.41) is 8.30. The van der Waals surface area contributed by atoms with Crippen molar-refractivity contribution in [1.82, 2.24) is 39.5 Å². The van der Waals surface area contributed by atoms with Crippen LogP contribution < -0.4 is 33.0 Å². The van der Waals surface area contributed by atoms with E-state index in [0.717, 1.165) is 84.0 Å². The maximum atomic E-state index is 13.5. The first-order valence-electron chi connectivity index (χ1n) is 21.0. The van der Waals surface area contributed by atoms with Crippen LogP contribution in [0, 0.1) is 0 Å².